The number of hydrogen-bond donors (Lipinski definition) is 0. The molecular formula is C39H40O9. The Labute approximate surface area is 280 Å². The zero-order valence-electron chi connectivity index (χ0n) is 28.1. The zero-order valence-corrected chi connectivity index (χ0v) is 28.1. The fourth-order valence-corrected chi connectivity index (χ4v) is 8.57. The average molecular weight is 653 g/mol. The van der Waals surface area contributed by atoms with E-state index in [-0.39, 0.29) is 29.1 Å². The molecule has 6 heterocycles. The number of methoxy groups -OCH3 is 3. The van der Waals surface area contributed by atoms with Crippen LogP contribution in [0.1, 0.15) is 79.8 Å². The fraction of sp³-hybridized carbons (Fsp3) is 0.410. The van der Waals surface area contributed by atoms with Gasteiger partial charge in [0.25, 0.3) is 0 Å². The van der Waals surface area contributed by atoms with E-state index in [0.717, 1.165) is 46.2 Å². The van der Waals surface area contributed by atoms with E-state index in [2.05, 4.69) is 0 Å². The van der Waals surface area contributed by atoms with Crippen LogP contribution < -0.4 is 0 Å². The van der Waals surface area contributed by atoms with Crippen LogP contribution in [-0.2, 0) is 76.4 Å². The minimum absolute atomic E-state index is 0.277. The first kappa shape index (κ1) is 32.2. The van der Waals surface area contributed by atoms with Crippen LogP contribution in [0.3, 0.4) is 0 Å². The van der Waals surface area contributed by atoms with Crippen molar-refractivity contribution in [2.24, 2.45) is 0 Å². The van der Waals surface area contributed by atoms with E-state index in [9.17, 15) is 14.4 Å². The van der Waals surface area contributed by atoms with Crippen LogP contribution in [0.4, 0.5) is 0 Å². The molecule has 0 N–H and O–H groups in total. The van der Waals surface area contributed by atoms with Crippen molar-refractivity contribution in [3.05, 3.63) is 118 Å². The molecule has 6 aliphatic heterocycles. The number of benzene rings is 3. The van der Waals surface area contributed by atoms with Crippen molar-refractivity contribution in [2.45, 2.75) is 80.1 Å². The number of carbonyl (C=O) groups is 3. The maximum atomic E-state index is 12.0. The van der Waals surface area contributed by atoms with E-state index in [1.165, 1.54) is 21.3 Å². The summed E-state index contributed by atoms with van der Waals surface area (Å²) in [6, 6.07) is 23.6. The molecule has 0 spiro atoms. The van der Waals surface area contributed by atoms with Crippen LogP contribution in [0.15, 0.2) is 84.9 Å². The van der Waals surface area contributed by atoms with Crippen LogP contribution in [-0.4, -0.2) is 39.2 Å². The second-order valence-electron chi connectivity index (χ2n) is 13.7. The van der Waals surface area contributed by atoms with Gasteiger partial charge in [-0.2, -0.15) is 0 Å². The lowest BCUT2D eigenvalue weighted by molar-refractivity contribution is -0.173. The number of esters is 3. The van der Waals surface area contributed by atoms with Crippen LogP contribution in [0.2, 0.25) is 0 Å². The summed E-state index contributed by atoms with van der Waals surface area (Å²) in [4.78, 5) is 35.8. The molecule has 3 aromatic rings. The molecular weight excluding hydrogens is 612 g/mol. The first-order valence-electron chi connectivity index (χ1n) is 16.2. The predicted molar refractivity (Wildman–Crippen MR) is 173 cm³/mol. The molecule has 2 fully saturated rings. The van der Waals surface area contributed by atoms with Crippen molar-refractivity contribution in [2.75, 3.05) is 21.3 Å². The molecule has 2 saturated heterocycles. The molecule has 2 unspecified atom stereocenters. The quantitative estimate of drug-likeness (QED) is 0.190. The summed E-state index contributed by atoms with van der Waals surface area (Å²) in [5.74, 6) is -0.917. The lowest BCUT2D eigenvalue weighted by atomic mass is 9.77. The molecule has 0 amide bonds. The van der Waals surface area contributed by atoms with Crippen molar-refractivity contribution < 1.29 is 42.8 Å². The smallest absolute Gasteiger partial charge is 0.347 e. The van der Waals surface area contributed by atoms with Crippen LogP contribution in [0.5, 0.6) is 0 Å². The Bertz CT molecular complexity index is 1780. The highest BCUT2D eigenvalue weighted by Gasteiger charge is 2.63. The van der Waals surface area contributed by atoms with E-state index in [0.29, 0.717) is 12.8 Å². The topological polar surface area (TPSA) is 107 Å². The summed E-state index contributed by atoms with van der Waals surface area (Å²) in [5, 5.41) is 0. The number of fused-ring (bicyclic) bond motifs is 15. The molecule has 6 aliphatic rings. The second-order valence-corrected chi connectivity index (χ2v) is 13.7. The monoisotopic (exact) mass is 652 g/mol. The number of carbonyl (C=O) groups excluding carboxylic acids is 3. The predicted octanol–water partition coefficient (Wildman–Crippen LogP) is 6.06. The van der Waals surface area contributed by atoms with Gasteiger partial charge in [0.05, 0.1) is 32.5 Å². The summed E-state index contributed by atoms with van der Waals surface area (Å²) in [7, 11) is 4.21. The number of ether oxygens (including phenoxy) is 6. The second kappa shape index (κ2) is 10.9. The van der Waals surface area contributed by atoms with Crippen molar-refractivity contribution in [3.8, 4) is 0 Å². The van der Waals surface area contributed by atoms with E-state index in [1.54, 1.807) is 6.08 Å². The van der Waals surface area contributed by atoms with Crippen molar-refractivity contribution in [1.29, 1.82) is 0 Å². The Kier molecular flexibility index (Phi) is 7.29. The maximum Gasteiger partial charge on any atom is 0.347 e. The Morgan fingerprint density at radius 3 is 1.33 bits per heavy atom. The first-order valence-corrected chi connectivity index (χ1v) is 16.2. The van der Waals surface area contributed by atoms with E-state index in [4.69, 9.17) is 28.4 Å². The van der Waals surface area contributed by atoms with Gasteiger partial charge in [0.1, 0.15) is 5.60 Å². The molecule has 9 nitrogen and oxygen atoms in total. The van der Waals surface area contributed by atoms with Crippen LogP contribution in [0, 0.1) is 0 Å². The average Bonchev–Trinajstić information content (AvgIpc) is 3.94. The molecule has 0 saturated carbocycles. The van der Waals surface area contributed by atoms with Gasteiger partial charge in [0.2, 0.25) is 5.60 Å². The van der Waals surface area contributed by atoms with Crippen molar-refractivity contribution >= 4 is 17.9 Å². The highest BCUT2D eigenvalue weighted by molar-refractivity contribution is 5.87. The lowest BCUT2D eigenvalue weighted by Crippen LogP contribution is -2.34. The molecule has 9 heteroatoms. The van der Waals surface area contributed by atoms with Gasteiger partial charge >= 0.3 is 17.9 Å². The van der Waals surface area contributed by atoms with E-state index in [1.807, 2.05) is 99.6 Å². The Morgan fingerprint density at radius 1 is 0.500 bits per heavy atom. The van der Waals surface area contributed by atoms with Crippen LogP contribution >= 0.6 is 0 Å². The standard InChI is InChI=1S/2C13H14O3.C13H12O3/c3*1-12-7-8-13(16-12,11(14)15-2)10-6-4-3-5-9(10)12/h2*3-6H,7-8H2,1-2H3;3-8H,1-2H3/t2*12-,13+;/m10./s1. The molecule has 0 aromatic heterocycles. The molecule has 0 aliphatic carbocycles. The zero-order chi connectivity index (χ0) is 34.2. The lowest BCUT2D eigenvalue weighted by Gasteiger charge is -2.23. The summed E-state index contributed by atoms with van der Waals surface area (Å²) in [5.41, 5.74) is 2.32. The largest absolute Gasteiger partial charge is 0.467 e. The minimum atomic E-state index is -1.03. The maximum absolute atomic E-state index is 12.0. The minimum Gasteiger partial charge on any atom is -0.467 e. The molecule has 6 bridgehead atoms. The Hall–Kier alpha value is -4.31. The van der Waals surface area contributed by atoms with Gasteiger partial charge < -0.3 is 28.4 Å². The van der Waals surface area contributed by atoms with Gasteiger partial charge in [-0.25, -0.2) is 14.4 Å². The fourth-order valence-electron chi connectivity index (χ4n) is 8.57. The normalized spacial score (nSPS) is 34.5. The van der Waals surface area contributed by atoms with E-state index < -0.39 is 22.4 Å². The van der Waals surface area contributed by atoms with Gasteiger partial charge in [0.15, 0.2) is 11.2 Å². The van der Waals surface area contributed by atoms with E-state index >= 15 is 0 Å². The van der Waals surface area contributed by atoms with Crippen molar-refractivity contribution in [1.82, 2.24) is 0 Å². The molecule has 6 atom stereocenters. The molecule has 9 rings (SSSR count). The third-order valence-electron chi connectivity index (χ3n) is 11.0. The Morgan fingerprint density at radius 2 is 0.896 bits per heavy atom. The van der Waals surface area contributed by atoms with Crippen molar-refractivity contribution in [3.63, 3.8) is 0 Å². The molecule has 250 valence electrons. The summed E-state index contributed by atoms with van der Waals surface area (Å²) < 4.78 is 32.5. The summed E-state index contributed by atoms with van der Waals surface area (Å²) in [6.07, 6.45) is 6.89. The molecule has 3 aromatic carbocycles. The molecule has 48 heavy (non-hydrogen) atoms. The van der Waals surface area contributed by atoms with Crippen LogP contribution in [0.25, 0.3) is 0 Å². The molecule has 0 radical (unpaired) electrons. The third kappa shape index (κ3) is 4.23. The SMILES string of the molecule is COC(=O)C12C=CC(C)(O1)c1ccccc12.COC(=O)[C@@]12CC[C@@](C)(O1)c1ccccc12.COC(=O)[C@]12CC[C@](C)(O1)c1ccccc12. The Balaban J connectivity index is 0.000000114. The number of hydrogen-bond acceptors (Lipinski definition) is 9. The van der Waals surface area contributed by atoms with Gasteiger partial charge in [-0.05, 0) is 75.3 Å². The first-order chi connectivity index (χ1) is 22.9. The summed E-state index contributed by atoms with van der Waals surface area (Å²) >= 11 is 0. The highest BCUT2D eigenvalue weighted by Crippen LogP contribution is 2.60. The van der Waals surface area contributed by atoms with Gasteiger partial charge in [0, 0.05) is 16.7 Å². The summed E-state index contributed by atoms with van der Waals surface area (Å²) in [6.45, 7) is 6.05. The van der Waals surface area contributed by atoms with Gasteiger partial charge in [-0.15, -0.1) is 0 Å². The third-order valence-corrected chi connectivity index (χ3v) is 11.0. The number of rotatable bonds is 3. The highest BCUT2D eigenvalue weighted by atomic mass is 16.6. The van der Waals surface area contributed by atoms with Gasteiger partial charge in [-0.1, -0.05) is 72.8 Å². The van der Waals surface area contributed by atoms with Gasteiger partial charge in [-0.3, -0.25) is 0 Å².